The van der Waals surface area contributed by atoms with Crippen LogP contribution in [0.3, 0.4) is 0 Å². The summed E-state index contributed by atoms with van der Waals surface area (Å²) in [5, 5.41) is 6.27. The summed E-state index contributed by atoms with van der Waals surface area (Å²) in [7, 11) is 0. The Labute approximate surface area is 101 Å². The van der Waals surface area contributed by atoms with E-state index in [1.54, 1.807) is 0 Å². The van der Waals surface area contributed by atoms with Gasteiger partial charge in [-0.3, -0.25) is 9.89 Å². The van der Waals surface area contributed by atoms with Crippen LogP contribution in [0.1, 0.15) is 37.8 Å². The zero-order chi connectivity index (χ0) is 12.6. The lowest BCUT2D eigenvalue weighted by molar-refractivity contribution is 0.0444. The van der Waals surface area contributed by atoms with Gasteiger partial charge in [0.25, 0.3) is 5.91 Å². The minimum Gasteiger partial charge on any atom is -0.366 e. The first-order chi connectivity index (χ1) is 7.99. The fourth-order valence-corrected chi connectivity index (χ4v) is 2.49. The van der Waals surface area contributed by atoms with Crippen LogP contribution >= 0.6 is 0 Å². The van der Waals surface area contributed by atoms with Crippen LogP contribution in [-0.2, 0) is 0 Å². The van der Waals surface area contributed by atoms with E-state index in [0.717, 1.165) is 13.0 Å². The van der Waals surface area contributed by atoms with Crippen molar-refractivity contribution in [3.8, 4) is 0 Å². The predicted octanol–water partition coefficient (Wildman–Crippen LogP) is 0.893. The molecule has 17 heavy (non-hydrogen) atoms. The molecule has 0 spiro atoms. The molecule has 0 radical (unpaired) electrons. The van der Waals surface area contributed by atoms with Crippen molar-refractivity contribution >= 4 is 11.9 Å². The SMILES string of the molecule is CC1CC(C)C(C)N(C(=O)c2nc(N)n[nH]2)C1. The molecule has 3 unspecified atom stereocenters. The van der Waals surface area contributed by atoms with Gasteiger partial charge in [-0.15, -0.1) is 5.10 Å². The van der Waals surface area contributed by atoms with E-state index in [0.29, 0.717) is 11.8 Å². The Morgan fingerprint density at radius 2 is 2.18 bits per heavy atom. The number of anilines is 1. The van der Waals surface area contributed by atoms with Gasteiger partial charge >= 0.3 is 0 Å². The fourth-order valence-electron chi connectivity index (χ4n) is 2.49. The molecular formula is C11H19N5O. The smallest absolute Gasteiger partial charge is 0.291 e. The van der Waals surface area contributed by atoms with E-state index < -0.39 is 0 Å². The molecule has 1 aromatic heterocycles. The van der Waals surface area contributed by atoms with Crippen molar-refractivity contribution in [3.63, 3.8) is 0 Å². The van der Waals surface area contributed by atoms with Crippen molar-refractivity contribution in [1.29, 1.82) is 0 Å². The van der Waals surface area contributed by atoms with Gasteiger partial charge in [0.2, 0.25) is 11.8 Å². The molecule has 6 nitrogen and oxygen atoms in total. The number of nitrogens with zero attached hydrogens (tertiary/aromatic N) is 3. The molecule has 6 heteroatoms. The van der Waals surface area contributed by atoms with Crippen molar-refractivity contribution in [2.75, 3.05) is 12.3 Å². The number of likely N-dealkylation sites (tertiary alicyclic amines) is 1. The lowest BCUT2D eigenvalue weighted by Crippen LogP contribution is -2.49. The van der Waals surface area contributed by atoms with E-state index in [-0.39, 0.29) is 23.7 Å². The van der Waals surface area contributed by atoms with Gasteiger partial charge in [-0.25, -0.2) is 0 Å². The lowest BCUT2D eigenvalue weighted by Gasteiger charge is -2.40. The van der Waals surface area contributed by atoms with Gasteiger partial charge < -0.3 is 10.6 Å². The van der Waals surface area contributed by atoms with Crippen LogP contribution in [0, 0.1) is 11.8 Å². The zero-order valence-electron chi connectivity index (χ0n) is 10.5. The highest BCUT2D eigenvalue weighted by atomic mass is 16.2. The van der Waals surface area contributed by atoms with Crippen LogP contribution in [0.15, 0.2) is 0 Å². The highest BCUT2D eigenvalue weighted by Gasteiger charge is 2.33. The van der Waals surface area contributed by atoms with Crippen molar-refractivity contribution in [3.05, 3.63) is 5.82 Å². The van der Waals surface area contributed by atoms with Gasteiger partial charge in [0.05, 0.1) is 0 Å². The number of amides is 1. The third kappa shape index (κ3) is 2.25. The molecule has 0 bridgehead atoms. The van der Waals surface area contributed by atoms with Crippen LogP contribution in [-0.4, -0.2) is 38.6 Å². The molecule has 0 aromatic carbocycles. The van der Waals surface area contributed by atoms with Crippen LogP contribution in [0.5, 0.6) is 0 Å². The number of piperidine rings is 1. The Morgan fingerprint density at radius 1 is 1.47 bits per heavy atom. The summed E-state index contributed by atoms with van der Waals surface area (Å²) in [6.07, 6.45) is 1.16. The lowest BCUT2D eigenvalue weighted by atomic mass is 9.86. The molecule has 0 saturated carbocycles. The number of hydrogen-bond acceptors (Lipinski definition) is 4. The summed E-state index contributed by atoms with van der Waals surface area (Å²) in [5.74, 6) is 1.25. The molecule has 2 heterocycles. The van der Waals surface area contributed by atoms with Crippen molar-refractivity contribution in [2.24, 2.45) is 11.8 Å². The highest BCUT2D eigenvalue weighted by molar-refractivity contribution is 5.91. The third-order valence-corrected chi connectivity index (χ3v) is 3.56. The molecule has 1 aliphatic rings. The molecule has 1 amide bonds. The number of carbonyl (C=O) groups is 1. The molecule has 1 saturated heterocycles. The van der Waals surface area contributed by atoms with Gasteiger partial charge in [-0.05, 0) is 25.2 Å². The first-order valence-corrected chi connectivity index (χ1v) is 5.98. The summed E-state index contributed by atoms with van der Waals surface area (Å²) in [6.45, 7) is 7.19. The number of H-pyrrole nitrogens is 1. The highest BCUT2D eigenvalue weighted by Crippen LogP contribution is 2.27. The molecule has 1 aromatic rings. The van der Waals surface area contributed by atoms with Crippen molar-refractivity contribution < 1.29 is 4.79 Å². The maximum Gasteiger partial charge on any atom is 0.291 e. The summed E-state index contributed by atoms with van der Waals surface area (Å²) in [5.41, 5.74) is 5.41. The number of nitrogen functional groups attached to an aromatic ring is 1. The van der Waals surface area contributed by atoms with Crippen LogP contribution < -0.4 is 5.73 Å². The second-order valence-corrected chi connectivity index (χ2v) is 5.06. The fraction of sp³-hybridized carbons (Fsp3) is 0.727. The Bertz CT molecular complexity index is 416. The molecule has 1 fully saturated rings. The molecule has 3 N–H and O–H groups in total. The average Bonchev–Trinajstić information content (AvgIpc) is 2.69. The predicted molar refractivity (Wildman–Crippen MR) is 64.2 cm³/mol. The minimum atomic E-state index is -0.111. The van der Waals surface area contributed by atoms with Gasteiger partial charge in [0.15, 0.2) is 0 Å². The molecule has 94 valence electrons. The van der Waals surface area contributed by atoms with E-state index in [4.69, 9.17) is 5.73 Å². The summed E-state index contributed by atoms with van der Waals surface area (Å²) in [6, 6.07) is 0.227. The second kappa shape index (κ2) is 4.35. The molecule has 3 atom stereocenters. The third-order valence-electron chi connectivity index (χ3n) is 3.56. The summed E-state index contributed by atoms with van der Waals surface area (Å²) >= 11 is 0. The average molecular weight is 237 g/mol. The van der Waals surface area contributed by atoms with Crippen LogP contribution in [0.2, 0.25) is 0 Å². The van der Waals surface area contributed by atoms with E-state index in [2.05, 4.69) is 36.0 Å². The van der Waals surface area contributed by atoms with Gasteiger partial charge in [-0.2, -0.15) is 4.98 Å². The minimum absolute atomic E-state index is 0.110. The number of aromatic nitrogens is 3. The monoisotopic (exact) mass is 237 g/mol. The number of nitrogens with one attached hydrogen (secondary N) is 1. The Morgan fingerprint density at radius 3 is 2.76 bits per heavy atom. The van der Waals surface area contributed by atoms with E-state index >= 15 is 0 Å². The van der Waals surface area contributed by atoms with Gasteiger partial charge in [0, 0.05) is 12.6 Å². The Balaban J connectivity index is 2.18. The van der Waals surface area contributed by atoms with Crippen LogP contribution in [0.25, 0.3) is 0 Å². The first-order valence-electron chi connectivity index (χ1n) is 5.98. The molecule has 2 rings (SSSR count). The van der Waals surface area contributed by atoms with Gasteiger partial charge in [0.1, 0.15) is 0 Å². The van der Waals surface area contributed by atoms with Gasteiger partial charge in [-0.1, -0.05) is 13.8 Å². The number of rotatable bonds is 1. The van der Waals surface area contributed by atoms with E-state index in [1.165, 1.54) is 0 Å². The molecular weight excluding hydrogens is 218 g/mol. The van der Waals surface area contributed by atoms with Crippen molar-refractivity contribution in [1.82, 2.24) is 20.1 Å². The van der Waals surface area contributed by atoms with E-state index in [9.17, 15) is 4.79 Å². The number of aromatic amines is 1. The molecule has 0 aliphatic carbocycles. The summed E-state index contributed by atoms with van der Waals surface area (Å²) < 4.78 is 0. The summed E-state index contributed by atoms with van der Waals surface area (Å²) in [4.78, 5) is 18.0. The number of hydrogen-bond donors (Lipinski definition) is 2. The second-order valence-electron chi connectivity index (χ2n) is 5.06. The quantitative estimate of drug-likeness (QED) is 0.759. The maximum atomic E-state index is 12.3. The number of nitrogens with two attached hydrogens (primary N) is 1. The largest absolute Gasteiger partial charge is 0.366 e. The Hall–Kier alpha value is -1.59. The van der Waals surface area contributed by atoms with E-state index in [1.807, 2.05) is 4.90 Å². The van der Waals surface area contributed by atoms with Crippen LogP contribution in [0.4, 0.5) is 5.95 Å². The normalized spacial score (nSPS) is 29.4. The standard InChI is InChI=1S/C11H19N5O/c1-6-4-7(2)8(3)16(5-6)10(17)9-13-11(12)15-14-9/h6-8H,4-5H2,1-3H3,(H3,12,13,14,15). The first kappa shape index (κ1) is 11.9. The van der Waals surface area contributed by atoms with Crippen molar-refractivity contribution in [2.45, 2.75) is 33.2 Å². The molecule has 1 aliphatic heterocycles. The maximum absolute atomic E-state index is 12.3. The Kier molecular flexibility index (Phi) is 3.04. The topological polar surface area (TPSA) is 87.9 Å². The number of carbonyl (C=O) groups excluding carboxylic acids is 1. The zero-order valence-corrected chi connectivity index (χ0v) is 10.5.